The first-order valence-electron chi connectivity index (χ1n) is 6.94. The molecule has 0 aliphatic carbocycles. The van der Waals surface area contributed by atoms with Crippen LogP contribution in [0.1, 0.15) is 23.2 Å². The molecule has 0 unspecified atom stereocenters. The molecule has 4 heteroatoms. The standard InChI is InChI=1S/C16H19N3O/c1-11-14(17)5-7-16(19-11)18-10-12-4-6-15-13(9-12)3-2-8-20-15/h4-7,9H,2-3,8,10,17H2,1H3,(H,18,19). The number of fused-ring (bicyclic) bond motifs is 1. The summed E-state index contributed by atoms with van der Waals surface area (Å²) in [6.45, 7) is 3.50. The molecule has 1 aliphatic heterocycles. The summed E-state index contributed by atoms with van der Waals surface area (Å²) in [4.78, 5) is 4.41. The lowest BCUT2D eigenvalue weighted by atomic mass is 10.0. The molecule has 2 heterocycles. The van der Waals surface area contributed by atoms with Crippen LogP contribution in [0, 0.1) is 6.92 Å². The average Bonchev–Trinajstić information content (AvgIpc) is 2.48. The Balaban J connectivity index is 1.70. The van der Waals surface area contributed by atoms with Crippen molar-refractivity contribution in [3.63, 3.8) is 0 Å². The zero-order chi connectivity index (χ0) is 13.9. The lowest BCUT2D eigenvalue weighted by molar-refractivity contribution is 0.288. The third-order valence-electron chi connectivity index (χ3n) is 3.57. The molecule has 0 amide bonds. The van der Waals surface area contributed by atoms with E-state index in [1.165, 1.54) is 11.1 Å². The molecular formula is C16H19N3O. The summed E-state index contributed by atoms with van der Waals surface area (Å²) >= 11 is 0. The minimum atomic E-state index is 0.724. The monoisotopic (exact) mass is 269 g/mol. The Bertz CT molecular complexity index is 625. The van der Waals surface area contributed by atoms with Crippen LogP contribution in [-0.4, -0.2) is 11.6 Å². The molecule has 2 aromatic rings. The quantitative estimate of drug-likeness (QED) is 0.899. The molecular weight excluding hydrogens is 250 g/mol. The number of nitrogens with two attached hydrogens (primary N) is 1. The normalized spacial score (nSPS) is 13.4. The van der Waals surface area contributed by atoms with Gasteiger partial charge in [0, 0.05) is 6.54 Å². The summed E-state index contributed by atoms with van der Waals surface area (Å²) in [5, 5.41) is 3.33. The number of nitrogens with one attached hydrogen (secondary N) is 1. The molecule has 104 valence electrons. The SMILES string of the molecule is Cc1nc(NCc2ccc3c(c2)CCCO3)ccc1N. The van der Waals surface area contributed by atoms with Gasteiger partial charge in [-0.2, -0.15) is 0 Å². The van der Waals surface area contributed by atoms with Crippen molar-refractivity contribution in [3.05, 3.63) is 47.2 Å². The van der Waals surface area contributed by atoms with Gasteiger partial charge in [0.2, 0.25) is 0 Å². The molecule has 0 saturated carbocycles. The zero-order valence-corrected chi connectivity index (χ0v) is 11.6. The minimum Gasteiger partial charge on any atom is -0.493 e. The summed E-state index contributed by atoms with van der Waals surface area (Å²) in [6.07, 6.45) is 2.20. The van der Waals surface area contributed by atoms with Crippen molar-refractivity contribution in [2.24, 2.45) is 0 Å². The van der Waals surface area contributed by atoms with Crippen molar-refractivity contribution in [1.29, 1.82) is 0 Å². The molecule has 0 atom stereocenters. The summed E-state index contributed by atoms with van der Waals surface area (Å²) in [7, 11) is 0. The molecule has 20 heavy (non-hydrogen) atoms. The van der Waals surface area contributed by atoms with Crippen LogP contribution in [0.15, 0.2) is 30.3 Å². The predicted octanol–water partition coefficient (Wildman–Crippen LogP) is 2.91. The second kappa shape index (κ2) is 5.41. The van der Waals surface area contributed by atoms with Gasteiger partial charge in [-0.1, -0.05) is 12.1 Å². The van der Waals surface area contributed by atoms with Gasteiger partial charge in [0.1, 0.15) is 11.6 Å². The van der Waals surface area contributed by atoms with E-state index in [1.54, 1.807) is 0 Å². The maximum absolute atomic E-state index is 5.77. The number of nitrogen functional groups attached to an aromatic ring is 1. The van der Waals surface area contributed by atoms with Crippen LogP contribution in [0.3, 0.4) is 0 Å². The topological polar surface area (TPSA) is 60.2 Å². The number of hydrogen-bond donors (Lipinski definition) is 2. The first-order chi connectivity index (χ1) is 9.72. The van der Waals surface area contributed by atoms with Crippen molar-refractivity contribution < 1.29 is 4.74 Å². The van der Waals surface area contributed by atoms with E-state index >= 15 is 0 Å². The Morgan fingerprint density at radius 1 is 1.30 bits per heavy atom. The Labute approximate surface area is 119 Å². The number of nitrogens with zero attached hydrogens (tertiary/aromatic N) is 1. The van der Waals surface area contributed by atoms with Gasteiger partial charge in [0.15, 0.2) is 0 Å². The average molecular weight is 269 g/mol. The molecule has 0 radical (unpaired) electrons. The molecule has 4 nitrogen and oxygen atoms in total. The number of ether oxygens (including phenoxy) is 1. The van der Waals surface area contributed by atoms with E-state index in [0.717, 1.165) is 48.9 Å². The van der Waals surface area contributed by atoms with Gasteiger partial charge in [-0.25, -0.2) is 4.98 Å². The zero-order valence-electron chi connectivity index (χ0n) is 11.6. The van der Waals surface area contributed by atoms with Gasteiger partial charge >= 0.3 is 0 Å². The number of aryl methyl sites for hydroxylation is 2. The van der Waals surface area contributed by atoms with Crippen LogP contribution in [-0.2, 0) is 13.0 Å². The Morgan fingerprint density at radius 3 is 3.05 bits per heavy atom. The number of rotatable bonds is 3. The predicted molar refractivity (Wildman–Crippen MR) is 81.0 cm³/mol. The number of hydrogen-bond acceptors (Lipinski definition) is 4. The largest absolute Gasteiger partial charge is 0.493 e. The van der Waals surface area contributed by atoms with Crippen LogP contribution in [0.2, 0.25) is 0 Å². The van der Waals surface area contributed by atoms with Gasteiger partial charge < -0.3 is 15.8 Å². The molecule has 1 aromatic heterocycles. The third kappa shape index (κ3) is 2.69. The van der Waals surface area contributed by atoms with Crippen LogP contribution < -0.4 is 15.8 Å². The number of anilines is 2. The fourth-order valence-corrected chi connectivity index (χ4v) is 2.39. The van der Waals surface area contributed by atoms with Gasteiger partial charge in [-0.3, -0.25) is 0 Å². The highest BCUT2D eigenvalue weighted by atomic mass is 16.5. The molecule has 1 aromatic carbocycles. The second-order valence-corrected chi connectivity index (χ2v) is 5.12. The van der Waals surface area contributed by atoms with Gasteiger partial charge in [0.05, 0.1) is 18.0 Å². The lowest BCUT2D eigenvalue weighted by Gasteiger charge is -2.18. The highest BCUT2D eigenvalue weighted by Crippen LogP contribution is 2.25. The molecule has 0 bridgehead atoms. The number of aromatic nitrogens is 1. The van der Waals surface area contributed by atoms with Crippen molar-refractivity contribution in [1.82, 2.24) is 4.98 Å². The van der Waals surface area contributed by atoms with Gasteiger partial charge in [0.25, 0.3) is 0 Å². The second-order valence-electron chi connectivity index (χ2n) is 5.12. The number of pyridine rings is 1. The van der Waals surface area contributed by atoms with Crippen molar-refractivity contribution in [2.75, 3.05) is 17.7 Å². The van der Waals surface area contributed by atoms with E-state index in [1.807, 2.05) is 19.1 Å². The molecule has 0 saturated heterocycles. The molecule has 3 N–H and O–H groups in total. The van der Waals surface area contributed by atoms with Crippen LogP contribution in [0.25, 0.3) is 0 Å². The summed E-state index contributed by atoms with van der Waals surface area (Å²) in [5.74, 6) is 1.88. The highest BCUT2D eigenvalue weighted by Gasteiger charge is 2.10. The summed E-state index contributed by atoms with van der Waals surface area (Å²) < 4.78 is 5.62. The molecule has 1 aliphatic rings. The first kappa shape index (κ1) is 12.8. The van der Waals surface area contributed by atoms with Crippen molar-refractivity contribution >= 4 is 11.5 Å². The van der Waals surface area contributed by atoms with E-state index in [9.17, 15) is 0 Å². The molecule has 0 spiro atoms. The van der Waals surface area contributed by atoms with E-state index in [2.05, 4.69) is 28.5 Å². The maximum Gasteiger partial charge on any atom is 0.126 e. The van der Waals surface area contributed by atoms with E-state index in [-0.39, 0.29) is 0 Å². The Morgan fingerprint density at radius 2 is 2.20 bits per heavy atom. The molecule has 3 rings (SSSR count). The summed E-state index contributed by atoms with van der Waals surface area (Å²) in [6, 6.07) is 10.2. The highest BCUT2D eigenvalue weighted by molar-refractivity contribution is 5.49. The van der Waals surface area contributed by atoms with E-state index in [4.69, 9.17) is 10.5 Å². The maximum atomic E-state index is 5.77. The lowest BCUT2D eigenvalue weighted by Crippen LogP contribution is -2.09. The first-order valence-corrected chi connectivity index (χ1v) is 6.94. The van der Waals surface area contributed by atoms with Crippen LogP contribution in [0.4, 0.5) is 11.5 Å². The number of benzene rings is 1. The Hall–Kier alpha value is -2.23. The van der Waals surface area contributed by atoms with Crippen LogP contribution in [0.5, 0.6) is 5.75 Å². The van der Waals surface area contributed by atoms with Crippen molar-refractivity contribution in [3.8, 4) is 5.75 Å². The third-order valence-corrected chi connectivity index (χ3v) is 3.57. The summed E-state index contributed by atoms with van der Waals surface area (Å²) in [5.41, 5.74) is 9.89. The van der Waals surface area contributed by atoms with Gasteiger partial charge in [-0.05, 0) is 49.1 Å². The van der Waals surface area contributed by atoms with E-state index in [0.29, 0.717) is 0 Å². The smallest absolute Gasteiger partial charge is 0.126 e. The van der Waals surface area contributed by atoms with Gasteiger partial charge in [-0.15, -0.1) is 0 Å². The Kier molecular flexibility index (Phi) is 3.46. The molecule has 0 fully saturated rings. The minimum absolute atomic E-state index is 0.724. The van der Waals surface area contributed by atoms with Crippen LogP contribution >= 0.6 is 0 Å². The fourth-order valence-electron chi connectivity index (χ4n) is 2.39. The van der Waals surface area contributed by atoms with E-state index < -0.39 is 0 Å². The fraction of sp³-hybridized carbons (Fsp3) is 0.312. The van der Waals surface area contributed by atoms with Crippen molar-refractivity contribution in [2.45, 2.75) is 26.3 Å².